The Kier molecular flexibility index (Phi) is 2.23. The maximum absolute atomic E-state index is 4.61. The number of aromatic nitrogens is 2. The molecule has 0 N–H and O–H groups in total. The lowest BCUT2D eigenvalue weighted by atomic mass is 10.0. The first-order valence-electron chi connectivity index (χ1n) is 6.19. The van der Waals surface area contributed by atoms with Gasteiger partial charge in [-0.05, 0) is 42.4 Å². The van der Waals surface area contributed by atoms with Gasteiger partial charge in [-0.15, -0.1) is 0 Å². The van der Waals surface area contributed by atoms with Gasteiger partial charge in [-0.25, -0.2) is 0 Å². The molecule has 0 radical (unpaired) electrons. The molecule has 2 heteroatoms. The fourth-order valence-electron chi connectivity index (χ4n) is 2.11. The quantitative estimate of drug-likeness (QED) is 0.763. The first-order chi connectivity index (χ1) is 7.72. The molecule has 0 saturated heterocycles. The topological polar surface area (TPSA) is 17.8 Å². The smallest absolute Gasteiger partial charge is 0.0923 e. The summed E-state index contributed by atoms with van der Waals surface area (Å²) in [6.07, 6.45) is 4.96. The van der Waals surface area contributed by atoms with E-state index in [1.807, 2.05) is 0 Å². The number of nitrogens with zero attached hydrogens (tertiary/aromatic N) is 2. The van der Waals surface area contributed by atoms with Gasteiger partial charge in [-0.3, -0.25) is 4.68 Å². The molecule has 1 aliphatic carbocycles. The van der Waals surface area contributed by atoms with Crippen LogP contribution in [-0.4, -0.2) is 9.78 Å². The maximum atomic E-state index is 4.61. The third-order valence-corrected chi connectivity index (χ3v) is 3.38. The van der Waals surface area contributed by atoms with Crippen molar-refractivity contribution < 1.29 is 0 Å². The first-order valence-corrected chi connectivity index (χ1v) is 6.19. The third-order valence-electron chi connectivity index (χ3n) is 3.38. The summed E-state index contributed by atoms with van der Waals surface area (Å²) in [4.78, 5) is 0. The standard InChI is InChI=1S/C14H18N2/c1-10(2)12-5-6-14-13(7-12)9-16(15-14)8-11-3-4-11/h5-7,9-11H,3-4,8H2,1-2H3. The van der Waals surface area contributed by atoms with Crippen molar-refractivity contribution in [1.29, 1.82) is 0 Å². The van der Waals surface area contributed by atoms with Crippen LogP contribution in [0.1, 0.15) is 38.2 Å². The fourth-order valence-corrected chi connectivity index (χ4v) is 2.11. The van der Waals surface area contributed by atoms with Crippen molar-refractivity contribution in [3.8, 4) is 0 Å². The van der Waals surface area contributed by atoms with Crippen LogP contribution < -0.4 is 0 Å². The molecule has 1 aromatic carbocycles. The number of benzene rings is 1. The van der Waals surface area contributed by atoms with Crippen LogP contribution in [0, 0.1) is 5.92 Å². The lowest BCUT2D eigenvalue weighted by Crippen LogP contribution is -1.99. The molecular formula is C14H18N2. The zero-order valence-corrected chi connectivity index (χ0v) is 9.98. The van der Waals surface area contributed by atoms with Crippen LogP contribution in [0.25, 0.3) is 10.9 Å². The zero-order chi connectivity index (χ0) is 11.1. The fraction of sp³-hybridized carbons (Fsp3) is 0.500. The normalized spacial score (nSPS) is 16.2. The van der Waals surface area contributed by atoms with E-state index in [0.29, 0.717) is 5.92 Å². The molecule has 2 aromatic rings. The molecule has 0 amide bonds. The minimum Gasteiger partial charge on any atom is -0.271 e. The summed E-state index contributed by atoms with van der Waals surface area (Å²) < 4.78 is 2.12. The highest BCUT2D eigenvalue weighted by atomic mass is 15.3. The molecule has 3 rings (SSSR count). The van der Waals surface area contributed by atoms with Gasteiger partial charge in [-0.1, -0.05) is 19.9 Å². The van der Waals surface area contributed by atoms with E-state index in [2.05, 4.69) is 48.0 Å². The second-order valence-corrected chi connectivity index (χ2v) is 5.27. The molecule has 2 nitrogen and oxygen atoms in total. The number of fused-ring (bicyclic) bond motifs is 1. The first kappa shape index (κ1) is 9.88. The molecule has 1 aliphatic rings. The molecule has 1 aromatic heterocycles. The Labute approximate surface area is 96.3 Å². The largest absolute Gasteiger partial charge is 0.271 e. The average Bonchev–Trinajstić information content (AvgIpc) is 2.96. The van der Waals surface area contributed by atoms with Gasteiger partial charge in [0.1, 0.15) is 0 Å². The second-order valence-electron chi connectivity index (χ2n) is 5.27. The van der Waals surface area contributed by atoms with Gasteiger partial charge in [0.05, 0.1) is 5.52 Å². The average molecular weight is 214 g/mol. The highest BCUT2D eigenvalue weighted by Crippen LogP contribution is 2.31. The lowest BCUT2D eigenvalue weighted by molar-refractivity contribution is 0.568. The molecule has 16 heavy (non-hydrogen) atoms. The molecule has 1 fully saturated rings. The summed E-state index contributed by atoms with van der Waals surface area (Å²) in [5.74, 6) is 1.48. The van der Waals surface area contributed by atoms with Crippen molar-refractivity contribution in [3.05, 3.63) is 30.0 Å². The van der Waals surface area contributed by atoms with Gasteiger partial charge >= 0.3 is 0 Å². The molecule has 1 heterocycles. The Morgan fingerprint density at radius 1 is 1.38 bits per heavy atom. The van der Waals surface area contributed by atoms with E-state index >= 15 is 0 Å². The van der Waals surface area contributed by atoms with Crippen LogP contribution >= 0.6 is 0 Å². The van der Waals surface area contributed by atoms with Crippen LogP contribution in [0.5, 0.6) is 0 Å². The van der Waals surface area contributed by atoms with E-state index in [9.17, 15) is 0 Å². The maximum Gasteiger partial charge on any atom is 0.0923 e. The molecule has 0 spiro atoms. The number of hydrogen-bond acceptors (Lipinski definition) is 1. The number of hydrogen-bond donors (Lipinski definition) is 0. The van der Waals surface area contributed by atoms with Crippen molar-refractivity contribution >= 4 is 10.9 Å². The van der Waals surface area contributed by atoms with E-state index in [1.54, 1.807) is 0 Å². The van der Waals surface area contributed by atoms with Crippen LogP contribution in [0.2, 0.25) is 0 Å². The molecule has 1 saturated carbocycles. The predicted octanol–water partition coefficient (Wildman–Crippen LogP) is 3.57. The van der Waals surface area contributed by atoms with E-state index in [4.69, 9.17) is 0 Å². The summed E-state index contributed by atoms with van der Waals surface area (Å²) in [6.45, 7) is 5.57. The van der Waals surface area contributed by atoms with Crippen LogP contribution in [0.15, 0.2) is 24.4 Å². The van der Waals surface area contributed by atoms with Crippen molar-refractivity contribution in [2.75, 3.05) is 0 Å². The van der Waals surface area contributed by atoms with E-state index in [1.165, 1.54) is 23.8 Å². The van der Waals surface area contributed by atoms with Crippen molar-refractivity contribution in [2.45, 2.75) is 39.2 Å². The van der Waals surface area contributed by atoms with Gasteiger partial charge in [0.25, 0.3) is 0 Å². The Balaban J connectivity index is 1.96. The van der Waals surface area contributed by atoms with Gasteiger partial charge in [0.2, 0.25) is 0 Å². The third kappa shape index (κ3) is 1.84. The highest BCUT2D eigenvalue weighted by molar-refractivity contribution is 5.78. The van der Waals surface area contributed by atoms with E-state index < -0.39 is 0 Å². The number of rotatable bonds is 3. The van der Waals surface area contributed by atoms with Crippen molar-refractivity contribution in [1.82, 2.24) is 9.78 Å². The van der Waals surface area contributed by atoms with Crippen LogP contribution in [0.4, 0.5) is 0 Å². The molecule has 0 bridgehead atoms. The Morgan fingerprint density at radius 3 is 2.88 bits per heavy atom. The van der Waals surface area contributed by atoms with Gasteiger partial charge < -0.3 is 0 Å². The molecule has 84 valence electrons. The van der Waals surface area contributed by atoms with E-state index in [0.717, 1.165) is 18.0 Å². The Bertz CT molecular complexity index is 506. The second kappa shape index (κ2) is 3.62. The zero-order valence-electron chi connectivity index (χ0n) is 9.98. The summed E-state index contributed by atoms with van der Waals surface area (Å²) in [7, 11) is 0. The summed E-state index contributed by atoms with van der Waals surface area (Å²) in [6, 6.07) is 6.62. The summed E-state index contributed by atoms with van der Waals surface area (Å²) >= 11 is 0. The lowest BCUT2D eigenvalue weighted by Gasteiger charge is -2.03. The van der Waals surface area contributed by atoms with Crippen LogP contribution in [-0.2, 0) is 6.54 Å². The monoisotopic (exact) mass is 214 g/mol. The molecule has 0 aliphatic heterocycles. The van der Waals surface area contributed by atoms with E-state index in [-0.39, 0.29) is 0 Å². The summed E-state index contributed by atoms with van der Waals surface area (Å²) in [5.41, 5.74) is 2.53. The van der Waals surface area contributed by atoms with Gasteiger partial charge in [0.15, 0.2) is 0 Å². The SMILES string of the molecule is CC(C)c1ccc2nn(CC3CC3)cc2c1. The Hall–Kier alpha value is -1.31. The molecule has 0 unspecified atom stereocenters. The Morgan fingerprint density at radius 2 is 2.19 bits per heavy atom. The summed E-state index contributed by atoms with van der Waals surface area (Å²) in [5, 5.41) is 5.89. The van der Waals surface area contributed by atoms with Crippen molar-refractivity contribution in [2.24, 2.45) is 5.92 Å². The predicted molar refractivity (Wildman–Crippen MR) is 66.5 cm³/mol. The molecule has 0 atom stereocenters. The van der Waals surface area contributed by atoms with Gasteiger partial charge in [0, 0.05) is 18.1 Å². The van der Waals surface area contributed by atoms with Crippen molar-refractivity contribution in [3.63, 3.8) is 0 Å². The molecular weight excluding hydrogens is 196 g/mol. The highest BCUT2D eigenvalue weighted by Gasteiger charge is 2.22. The van der Waals surface area contributed by atoms with Gasteiger partial charge in [-0.2, -0.15) is 5.10 Å². The minimum absolute atomic E-state index is 0.594. The van der Waals surface area contributed by atoms with Crippen LogP contribution in [0.3, 0.4) is 0 Å². The minimum atomic E-state index is 0.594.